The van der Waals surface area contributed by atoms with Gasteiger partial charge in [-0.2, -0.15) is 0 Å². The predicted molar refractivity (Wildman–Crippen MR) is 146 cm³/mol. The summed E-state index contributed by atoms with van der Waals surface area (Å²) < 4.78 is 8.17. The molecule has 180 valence electrons. The first-order valence-corrected chi connectivity index (χ1v) is 13.1. The highest BCUT2D eigenvalue weighted by molar-refractivity contribution is 7.97. The van der Waals surface area contributed by atoms with E-state index in [1.165, 1.54) is 24.8 Å². The Labute approximate surface area is 208 Å². The number of methoxy groups -OCH3 is 1. The molecule has 6 heteroatoms. The molecule has 1 atom stereocenters. The first-order valence-electron chi connectivity index (χ1n) is 12.3. The monoisotopic (exact) mass is 476 g/mol. The fourth-order valence-corrected chi connectivity index (χ4v) is 5.70. The van der Waals surface area contributed by atoms with Crippen LogP contribution in [0.5, 0.6) is 5.75 Å². The Kier molecular flexibility index (Phi) is 8.01. The third-order valence-electron chi connectivity index (χ3n) is 6.50. The van der Waals surface area contributed by atoms with Crippen molar-refractivity contribution in [3.05, 3.63) is 66.0 Å². The topological polar surface area (TPSA) is 48.9 Å². The van der Waals surface area contributed by atoms with Crippen LogP contribution in [-0.4, -0.2) is 29.7 Å². The Morgan fingerprint density at radius 3 is 2.76 bits per heavy atom. The molecular weight excluding hydrogens is 440 g/mol. The van der Waals surface area contributed by atoms with Crippen LogP contribution >= 0.6 is 11.9 Å². The molecular formula is C28H36N4OS. The average molecular weight is 477 g/mol. The minimum Gasteiger partial charge on any atom is -0.496 e. The van der Waals surface area contributed by atoms with E-state index in [1.54, 1.807) is 19.1 Å². The van der Waals surface area contributed by atoms with Crippen LogP contribution in [-0.2, 0) is 0 Å². The second kappa shape index (κ2) is 11.2. The van der Waals surface area contributed by atoms with Crippen LogP contribution in [0.1, 0.15) is 58.4 Å². The van der Waals surface area contributed by atoms with Gasteiger partial charge in [0.25, 0.3) is 0 Å². The highest BCUT2D eigenvalue weighted by Gasteiger charge is 2.22. The van der Waals surface area contributed by atoms with E-state index in [9.17, 15) is 0 Å². The standard InChI is InChI=1S/C28H36N4OS/c1-6-22-23(7-2)30-24-13-8-9-14-25(24)31-28(22)29-20(4)21-15-16-26(33-5)27(18-21)34-32-17-11-10-12-19(32)3/h8-9,13-16,18-19,29,31H,4,6-7,10-12,17H2,1-3,5H3. The molecule has 0 amide bonds. The lowest BCUT2D eigenvalue weighted by Gasteiger charge is -2.32. The molecule has 1 saturated heterocycles. The number of hydrogen-bond donors (Lipinski definition) is 2. The number of piperidine rings is 1. The van der Waals surface area contributed by atoms with Gasteiger partial charge in [0.05, 0.1) is 23.4 Å². The van der Waals surface area contributed by atoms with Crippen molar-refractivity contribution in [2.75, 3.05) is 19.0 Å². The lowest BCUT2D eigenvalue weighted by molar-refractivity contribution is 0.292. The van der Waals surface area contributed by atoms with Crippen molar-refractivity contribution < 1.29 is 4.74 Å². The van der Waals surface area contributed by atoms with E-state index >= 15 is 0 Å². The second-order valence-corrected chi connectivity index (χ2v) is 9.90. The van der Waals surface area contributed by atoms with Crippen LogP contribution in [0.4, 0.5) is 11.4 Å². The summed E-state index contributed by atoms with van der Waals surface area (Å²) in [5.74, 6) is 1.85. The van der Waals surface area contributed by atoms with Gasteiger partial charge in [0.15, 0.2) is 0 Å². The summed E-state index contributed by atoms with van der Waals surface area (Å²) in [7, 11) is 1.74. The maximum Gasteiger partial charge on any atom is 0.133 e. The molecule has 34 heavy (non-hydrogen) atoms. The molecule has 2 aliphatic heterocycles. The molecule has 0 saturated carbocycles. The van der Waals surface area contributed by atoms with E-state index < -0.39 is 0 Å². The molecule has 2 aromatic rings. The van der Waals surface area contributed by atoms with Crippen LogP contribution in [0, 0.1) is 0 Å². The molecule has 2 aliphatic rings. The van der Waals surface area contributed by atoms with Gasteiger partial charge in [-0.05, 0) is 80.5 Å². The molecule has 2 N–H and O–H groups in total. The summed E-state index contributed by atoms with van der Waals surface area (Å²) in [6, 6.07) is 15.0. The fourth-order valence-electron chi connectivity index (χ4n) is 4.52. The van der Waals surface area contributed by atoms with Gasteiger partial charge in [-0.25, -0.2) is 4.31 Å². The van der Waals surface area contributed by atoms with Gasteiger partial charge in [0.1, 0.15) is 11.6 Å². The number of nitrogens with one attached hydrogen (secondary N) is 2. The summed E-state index contributed by atoms with van der Waals surface area (Å²) in [6.07, 6.45) is 5.54. The van der Waals surface area contributed by atoms with E-state index in [2.05, 4.69) is 66.6 Å². The minimum absolute atomic E-state index is 0.563. The zero-order valence-corrected chi connectivity index (χ0v) is 21.6. The van der Waals surface area contributed by atoms with Crippen LogP contribution in [0.25, 0.3) is 5.70 Å². The Balaban J connectivity index is 1.61. The largest absolute Gasteiger partial charge is 0.496 e. The van der Waals surface area contributed by atoms with Crippen LogP contribution in [0.3, 0.4) is 0 Å². The Morgan fingerprint density at radius 1 is 1.21 bits per heavy atom. The third kappa shape index (κ3) is 5.34. The number of benzene rings is 2. The summed E-state index contributed by atoms with van der Waals surface area (Å²) in [4.78, 5) is 6.07. The molecule has 0 radical (unpaired) electrons. The Hall–Kier alpha value is -2.70. The summed E-state index contributed by atoms with van der Waals surface area (Å²) in [6.45, 7) is 12.1. The van der Waals surface area contributed by atoms with E-state index in [0.717, 1.165) is 64.2 Å². The molecule has 5 nitrogen and oxygen atoms in total. The van der Waals surface area contributed by atoms with Crippen molar-refractivity contribution in [3.63, 3.8) is 0 Å². The number of nitrogens with zero attached hydrogens (tertiary/aromatic N) is 2. The van der Waals surface area contributed by atoms with Crippen molar-refractivity contribution in [1.82, 2.24) is 9.62 Å². The zero-order valence-electron chi connectivity index (χ0n) is 20.8. The molecule has 0 aromatic heterocycles. The number of anilines is 1. The number of hydrogen-bond acceptors (Lipinski definition) is 6. The van der Waals surface area contributed by atoms with Gasteiger partial charge < -0.3 is 15.4 Å². The lowest BCUT2D eigenvalue weighted by Crippen LogP contribution is -2.31. The molecule has 0 aliphatic carbocycles. The minimum atomic E-state index is 0.563. The zero-order chi connectivity index (χ0) is 24.1. The van der Waals surface area contributed by atoms with Crippen molar-refractivity contribution in [2.24, 2.45) is 4.99 Å². The van der Waals surface area contributed by atoms with Gasteiger partial charge in [0.2, 0.25) is 0 Å². The molecule has 1 fully saturated rings. The fraction of sp³-hybridized carbons (Fsp3) is 0.393. The first-order chi connectivity index (χ1) is 16.5. The quantitative estimate of drug-likeness (QED) is 0.390. The van der Waals surface area contributed by atoms with Crippen LogP contribution < -0.4 is 15.4 Å². The lowest BCUT2D eigenvalue weighted by atomic mass is 10.1. The van der Waals surface area contributed by atoms with Crippen molar-refractivity contribution in [1.29, 1.82) is 0 Å². The van der Waals surface area contributed by atoms with E-state index in [-0.39, 0.29) is 0 Å². The van der Waals surface area contributed by atoms with E-state index in [0.29, 0.717) is 6.04 Å². The van der Waals surface area contributed by atoms with E-state index in [4.69, 9.17) is 9.73 Å². The van der Waals surface area contributed by atoms with Gasteiger partial charge >= 0.3 is 0 Å². The Bertz CT molecular complexity index is 1110. The summed E-state index contributed by atoms with van der Waals surface area (Å²) in [5, 5.41) is 7.18. The van der Waals surface area contributed by atoms with Crippen molar-refractivity contribution in [3.8, 4) is 5.75 Å². The number of allylic oxidation sites excluding steroid dienone is 1. The van der Waals surface area contributed by atoms with Gasteiger partial charge in [-0.15, -0.1) is 0 Å². The molecule has 2 aromatic carbocycles. The third-order valence-corrected chi connectivity index (χ3v) is 7.80. The molecule has 0 bridgehead atoms. The Morgan fingerprint density at radius 2 is 2.03 bits per heavy atom. The molecule has 1 unspecified atom stereocenters. The van der Waals surface area contributed by atoms with Gasteiger partial charge in [-0.1, -0.05) is 39.0 Å². The SMILES string of the molecule is C=C(NC1=C(CC)C(CC)=Nc2ccccc2N1)c1ccc(OC)c(SN2CCCCC2C)c1. The molecule has 2 heterocycles. The van der Waals surface area contributed by atoms with Gasteiger partial charge in [-0.3, -0.25) is 4.99 Å². The summed E-state index contributed by atoms with van der Waals surface area (Å²) >= 11 is 1.80. The smallest absolute Gasteiger partial charge is 0.133 e. The van der Waals surface area contributed by atoms with Gasteiger partial charge in [0, 0.05) is 29.6 Å². The molecule has 0 spiro atoms. The van der Waals surface area contributed by atoms with Crippen LogP contribution in [0.15, 0.2) is 70.3 Å². The van der Waals surface area contributed by atoms with Crippen molar-refractivity contribution >= 4 is 34.7 Å². The molecule has 4 rings (SSSR count). The first kappa shape index (κ1) is 24.4. The average Bonchev–Trinajstić information content (AvgIpc) is 3.01. The van der Waals surface area contributed by atoms with Crippen LogP contribution in [0.2, 0.25) is 0 Å². The number of para-hydroxylation sites is 2. The number of fused-ring (bicyclic) bond motifs is 1. The number of rotatable bonds is 8. The predicted octanol–water partition coefficient (Wildman–Crippen LogP) is 7.37. The highest BCUT2D eigenvalue weighted by atomic mass is 32.2. The van der Waals surface area contributed by atoms with Crippen molar-refractivity contribution in [2.45, 2.75) is 63.8 Å². The highest BCUT2D eigenvalue weighted by Crippen LogP contribution is 2.37. The second-order valence-electron chi connectivity index (χ2n) is 8.81. The summed E-state index contributed by atoms with van der Waals surface area (Å²) in [5.41, 5.74) is 6.14. The number of ether oxygens (including phenoxy) is 1. The van der Waals surface area contributed by atoms with E-state index in [1.807, 2.05) is 18.2 Å². The maximum absolute atomic E-state index is 5.69. The number of aliphatic imine (C=N–C) groups is 1. The maximum atomic E-state index is 5.69. The normalized spacial score (nSPS) is 18.5.